The van der Waals surface area contributed by atoms with E-state index in [2.05, 4.69) is 5.16 Å². The fourth-order valence-electron chi connectivity index (χ4n) is 4.17. The van der Waals surface area contributed by atoms with E-state index in [9.17, 15) is 9.59 Å². The minimum atomic E-state index is -0.883. The molecule has 178 valence electrons. The number of rotatable bonds is 10. The molecule has 34 heavy (non-hydrogen) atoms. The molecule has 8 heteroatoms. The molecule has 2 aromatic carbocycles. The molecule has 8 nitrogen and oxygen atoms in total. The number of carboxylic acid groups (broad SMARTS) is 1. The second-order valence-corrected chi connectivity index (χ2v) is 8.28. The van der Waals surface area contributed by atoms with Gasteiger partial charge in [0.2, 0.25) is 5.91 Å². The van der Waals surface area contributed by atoms with Gasteiger partial charge in [-0.3, -0.25) is 9.59 Å². The number of para-hydroxylation sites is 1. The van der Waals surface area contributed by atoms with Crippen LogP contribution in [0.15, 0.2) is 59.1 Å². The van der Waals surface area contributed by atoms with Crippen molar-refractivity contribution in [2.24, 2.45) is 0 Å². The van der Waals surface area contributed by atoms with Crippen molar-refractivity contribution in [1.82, 2.24) is 10.1 Å². The standard InChI is InChI=1S/C26H28N2O6/c1-32-24-7-3-2-5-19(24)17-33-20-10-8-18(9-11-20)15-25(29)28-14-4-6-23(28)22-16-21(34-27-22)12-13-26(30)31/h2-3,5,7-11,16,23H,4,6,12-15,17H2,1H3,(H,30,31). The van der Waals surface area contributed by atoms with Crippen LogP contribution in [0.4, 0.5) is 0 Å². The largest absolute Gasteiger partial charge is 0.496 e. The molecule has 1 fully saturated rings. The molecule has 1 unspecified atom stereocenters. The van der Waals surface area contributed by atoms with Crippen molar-refractivity contribution in [2.75, 3.05) is 13.7 Å². The van der Waals surface area contributed by atoms with E-state index >= 15 is 0 Å². The molecule has 0 radical (unpaired) electrons. The zero-order chi connectivity index (χ0) is 23.9. The summed E-state index contributed by atoms with van der Waals surface area (Å²) >= 11 is 0. The zero-order valence-corrected chi connectivity index (χ0v) is 19.1. The summed E-state index contributed by atoms with van der Waals surface area (Å²) in [5, 5.41) is 12.9. The highest BCUT2D eigenvalue weighted by Crippen LogP contribution is 2.32. The Balaban J connectivity index is 1.33. The predicted molar refractivity (Wildman–Crippen MR) is 124 cm³/mol. The van der Waals surface area contributed by atoms with E-state index < -0.39 is 5.97 Å². The summed E-state index contributed by atoms with van der Waals surface area (Å²) < 4.78 is 16.5. The Morgan fingerprint density at radius 1 is 1.18 bits per heavy atom. The zero-order valence-electron chi connectivity index (χ0n) is 19.1. The van der Waals surface area contributed by atoms with Gasteiger partial charge in [0.15, 0.2) is 0 Å². The number of benzene rings is 2. The van der Waals surface area contributed by atoms with Crippen LogP contribution in [0.3, 0.4) is 0 Å². The summed E-state index contributed by atoms with van der Waals surface area (Å²) in [4.78, 5) is 25.6. The summed E-state index contributed by atoms with van der Waals surface area (Å²) in [5.74, 6) is 1.18. The van der Waals surface area contributed by atoms with E-state index in [-0.39, 0.29) is 31.2 Å². The van der Waals surface area contributed by atoms with Crippen molar-refractivity contribution in [3.05, 3.63) is 77.2 Å². The summed E-state index contributed by atoms with van der Waals surface area (Å²) in [7, 11) is 1.64. The molecule has 1 amide bonds. The third kappa shape index (κ3) is 5.75. The minimum Gasteiger partial charge on any atom is -0.496 e. The normalized spacial score (nSPS) is 15.3. The molecule has 1 aromatic heterocycles. The topological polar surface area (TPSA) is 102 Å². The number of methoxy groups -OCH3 is 1. The van der Waals surface area contributed by atoms with Gasteiger partial charge in [-0.15, -0.1) is 0 Å². The predicted octanol–water partition coefficient (Wildman–Crippen LogP) is 4.19. The number of nitrogens with zero attached hydrogens (tertiary/aromatic N) is 2. The first kappa shape index (κ1) is 23.4. The van der Waals surface area contributed by atoms with Gasteiger partial charge in [0.1, 0.15) is 29.6 Å². The van der Waals surface area contributed by atoms with Gasteiger partial charge in [0.05, 0.1) is 26.0 Å². The van der Waals surface area contributed by atoms with Crippen molar-refractivity contribution in [1.29, 1.82) is 0 Å². The highest BCUT2D eigenvalue weighted by molar-refractivity contribution is 5.79. The number of hydrogen-bond acceptors (Lipinski definition) is 6. The number of aliphatic carboxylic acids is 1. The molecule has 1 aliphatic heterocycles. The van der Waals surface area contributed by atoms with Gasteiger partial charge in [0, 0.05) is 24.6 Å². The molecule has 2 heterocycles. The van der Waals surface area contributed by atoms with Crippen LogP contribution in [-0.4, -0.2) is 40.7 Å². The van der Waals surface area contributed by atoms with Crippen molar-refractivity contribution in [3.63, 3.8) is 0 Å². The van der Waals surface area contributed by atoms with Crippen LogP contribution >= 0.6 is 0 Å². The molecular weight excluding hydrogens is 436 g/mol. The molecule has 0 bridgehead atoms. The molecule has 1 atom stereocenters. The summed E-state index contributed by atoms with van der Waals surface area (Å²) in [6.07, 6.45) is 2.26. The second kappa shape index (κ2) is 10.9. The first-order valence-corrected chi connectivity index (χ1v) is 11.3. The van der Waals surface area contributed by atoms with Crippen LogP contribution in [0.2, 0.25) is 0 Å². The maximum atomic E-state index is 13.0. The van der Waals surface area contributed by atoms with E-state index in [4.69, 9.17) is 19.1 Å². The summed E-state index contributed by atoms with van der Waals surface area (Å²) in [6, 6.07) is 16.9. The third-order valence-corrected chi connectivity index (χ3v) is 5.94. The van der Waals surface area contributed by atoms with E-state index in [1.165, 1.54) is 0 Å². The minimum absolute atomic E-state index is 0.0133. The number of aromatic nitrogens is 1. The lowest BCUT2D eigenvalue weighted by Crippen LogP contribution is -2.32. The van der Waals surface area contributed by atoms with Gasteiger partial charge in [-0.05, 0) is 36.6 Å². The Labute approximate surface area is 198 Å². The average molecular weight is 465 g/mol. The lowest BCUT2D eigenvalue weighted by molar-refractivity contribution is -0.137. The van der Waals surface area contributed by atoms with E-state index in [0.717, 1.165) is 35.5 Å². The molecule has 0 saturated carbocycles. The molecule has 1 N–H and O–H groups in total. The van der Waals surface area contributed by atoms with Crippen molar-refractivity contribution in [3.8, 4) is 11.5 Å². The second-order valence-electron chi connectivity index (χ2n) is 8.28. The first-order valence-electron chi connectivity index (χ1n) is 11.3. The molecular formula is C26H28N2O6. The van der Waals surface area contributed by atoms with Gasteiger partial charge < -0.3 is 24.0 Å². The smallest absolute Gasteiger partial charge is 0.303 e. The number of likely N-dealkylation sites (tertiary alicyclic amines) is 1. The van der Waals surface area contributed by atoms with Crippen LogP contribution in [0.1, 0.15) is 47.9 Å². The number of carbonyl (C=O) groups excluding carboxylic acids is 1. The monoisotopic (exact) mass is 464 g/mol. The Bertz CT molecular complexity index is 1120. The number of hydrogen-bond donors (Lipinski definition) is 1. The number of carbonyl (C=O) groups is 2. The average Bonchev–Trinajstić information content (AvgIpc) is 3.52. The highest BCUT2D eigenvalue weighted by Gasteiger charge is 2.32. The molecule has 4 rings (SSSR count). The Morgan fingerprint density at radius 3 is 2.74 bits per heavy atom. The highest BCUT2D eigenvalue weighted by atomic mass is 16.5. The summed E-state index contributed by atoms with van der Waals surface area (Å²) in [5.41, 5.74) is 2.55. The van der Waals surface area contributed by atoms with Crippen LogP contribution < -0.4 is 9.47 Å². The number of aryl methyl sites for hydroxylation is 1. The van der Waals surface area contributed by atoms with E-state index in [0.29, 0.717) is 24.6 Å². The maximum Gasteiger partial charge on any atom is 0.303 e. The Kier molecular flexibility index (Phi) is 7.47. The number of amides is 1. The molecule has 0 aliphatic carbocycles. The quantitative estimate of drug-likeness (QED) is 0.480. The Morgan fingerprint density at radius 2 is 1.97 bits per heavy atom. The van der Waals surface area contributed by atoms with Crippen LogP contribution in [-0.2, 0) is 29.0 Å². The van der Waals surface area contributed by atoms with Crippen LogP contribution in [0, 0.1) is 0 Å². The van der Waals surface area contributed by atoms with Gasteiger partial charge in [-0.25, -0.2) is 0 Å². The third-order valence-electron chi connectivity index (χ3n) is 5.94. The summed E-state index contributed by atoms with van der Waals surface area (Å²) in [6.45, 7) is 1.06. The van der Waals surface area contributed by atoms with E-state index in [1.54, 1.807) is 13.2 Å². The van der Waals surface area contributed by atoms with E-state index in [1.807, 2.05) is 53.4 Å². The molecule has 3 aromatic rings. The lowest BCUT2D eigenvalue weighted by atomic mass is 10.1. The Hall–Kier alpha value is -3.81. The lowest BCUT2D eigenvalue weighted by Gasteiger charge is -2.23. The SMILES string of the molecule is COc1ccccc1COc1ccc(CC(=O)N2CCCC2c2cc(CCC(=O)O)on2)cc1. The van der Waals surface area contributed by atoms with Crippen LogP contribution in [0.5, 0.6) is 11.5 Å². The molecule has 1 saturated heterocycles. The molecule has 0 spiro atoms. The fraction of sp³-hybridized carbons (Fsp3) is 0.346. The first-order chi connectivity index (χ1) is 16.5. The van der Waals surface area contributed by atoms with Crippen molar-refractivity contribution < 1.29 is 28.7 Å². The van der Waals surface area contributed by atoms with Crippen molar-refractivity contribution >= 4 is 11.9 Å². The number of carboxylic acids is 1. The van der Waals surface area contributed by atoms with Crippen molar-refractivity contribution in [2.45, 2.75) is 44.8 Å². The van der Waals surface area contributed by atoms with Gasteiger partial charge >= 0.3 is 5.97 Å². The van der Waals surface area contributed by atoms with Gasteiger partial charge in [-0.1, -0.05) is 35.5 Å². The number of ether oxygens (including phenoxy) is 2. The fourth-order valence-corrected chi connectivity index (χ4v) is 4.17. The van der Waals surface area contributed by atoms with Gasteiger partial charge in [-0.2, -0.15) is 0 Å². The van der Waals surface area contributed by atoms with Gasteiger partial charge in [0.25, 0.3) is 0 Å². The maximum absolute atomic E-state index is 13.0. The molecule has 1 aliphatic rings. The van der Waals surface area contributed by atoms with Crippen LogP contribution in [0.25, 0.3) is 0 Å².